The molecular weight excluding hydrogens is 260 g/mol. The van der Waals surface area contributed by atoms with E-state index >= 15 is 0 Å². The largest absolute Gasteiger partial charge is 0.469 e. The van der Waals surface area contributed by atoms with E-state index in [-0.39, 0.29) is 24.5 Å². The van der Waals surface area contributed by atoms with E-state index in [2.05, 4.69) is 0 Å². The van der Waals surface area contributed by atoms with Crippen molar-refractivity contribution in [2.75, 3.05) is 7.11 Å². The monoisotopic (exact) mass is 282 g/mol. The second kappa shape index (κ2) is 7.12. The summed E-state index contributed by atoms with van der Waals surface area (Å²) in [6.07, 6.45) is 2.51. The Morgan fingerprint density at radius 3 is 2.65 bits per heavy atom. The van der Waals surface area contributed by atoms with Crippen LogP contribution in [0.15, 0.2) is 22.8 Å². The molecule has 1 rings (SSSR count). The summed E-state index contributed by atoms with van der Waals surface area (Å²) in [4.78, 5) is 23.7. The number of rotatable bonds is 7. The van der Waals surface area contributed by atoms with E-state index in [1.807, 2.05) is 6.92 Å². The number of carbonyl (C=O) groups excluding carboxylic acids is 2. The van der Waals surface area contributed by atoms with Crippen LogP contribution in [-0.2, 0) is 25.7 Å². The van der Waals surface area contributed by atoms with Crippen molar-refractivity contribution in [2.24, 2.45) is 11.3 Å². The highest BCUT2D eigenvalue weighted by atomic mass is 16.5. The van der Waals surface area contributed by atoms with Crippen LogP contribution in [0.5, 0.6) is 0 Å². The summed E-state index contributed by atoms with van der Waals surface area (Å²) >= 11 is 0. The average Bonchev–Trinajstić information content (AvgIpc) is 2.96. The summed E-state index contributed by atoms with van der Waals surface area (Å²) in [6.45, 7) is 5.56. The van der Waals surface area contributed by atoms with Crippen molar-refractivity contribution in [1.29, 1.82) is 0 Å². The lowest BCUT2D eigenvalue weighted by atomic mass is 9.79. The summed E-state index contributed by atoms with van der Waals surface area (Å²) in [6, 6.07) is 3.48. The lowest BCUT2D eigenvalue weighted by Gasteiger charge is -2.27. The molecule has 112 valence electrons. The molecule has 0 aliphatic carbocycles. The molecule has 1 heterocycles. The molecule has 0 N–H and O–H groups in total. The van der Waals surface area contributed by atoms with Crippen LogP contribution in [-0.4, -0.2) is 19.0 Å². The predicted octanol–water partition coefficient (Wildman–Crippen LogP) is 2.94. The first-order valence-electron chi connectivity index (χ1n) is 6.70. The number of ether oxygens (including phenoxy) is 2. The third-order valence-electron chi connectivity index (χ3n) is 3.56. The van der Waals surface area contributed by atoms with Gasteiger partial charge in [-0.1, -0.05) is 13.8 Å². The van der Waals surface area contributed by atoms with Gasteiger partial charge in [0, 0.05) is 0 Å². The molecule has 0 saturated carbocycles. The molecule has 0 bridgehead atoms. The fourth-order valence-corrected chi connectivity index (χ4v) is 2.04. The second-order valence-electron chi connectivity index (χ2n) is 5.20. The molecule has 1 aromatic heterocycles. The van der Waals surface area contributed by atoms with Gasteiger partial charge in [-0.3, -0.25) is 9.59 Å². The maximum absolute atomic E-state index is 12.2. The number of esters is 2. The van der Waals surface area contributed by atoms with E-state index in [4.69, 9.17) is 13.9 Å². The SMILES string of the molecule is CCC(C)(CC(C)C(=O)OC)C(=O)OCc1ccco1. The standard InChI is InChI=1S/C15H22O5/c1-5-15(3,9-11(2)13(16)18-4)14(17)20-10-12-7-6-8-19-12/h6-8,11H,5,9-10H2,1-4H3. The molecule has 20 heavy (non-hydrogen) atoms. The Balaban J connectivity index is 2.62. The molecule has 5 heteroatoms. The van der Waals surface area contributed by atoms with Gasteiger partial charge in [0.25, 0.3) is 0 Å². The summed E-state index contributed by atoms with van der Waals surface area (Å²) in [7, 11) is 1.34. The van der Waals surface area contributed by atoms with E-state index < -0.39 is 5.41 Å². The van der Waals surface area contributed by atoms with Crippen molar-refractivity contribution >= 4 is 11.9 Å². The number of methoxy groups -OCH3 is 1. The minimum Gasteiger partial charge on any atom is -0.469 e. The number of hydrogen-bond donors (Lipinski definition) is 0. The molecule has 0 aliphatic heterocycles. The summed E-state index contributed by atoms with van der Waals surface area (Å²) in [5, 5.41) is 0. The van der Waals surface area contributed by atoms with E-state index in [9.17, 15) is 9.59 Å². The number of hydrogen-bond acceptors (Lipinski definition) is 5. The van der Waals surface area contributed by atoms with Crippen LogP contribution >= 0.6 is 0 Å². The van der Waals surface area contributed by atoms with Crippen molar-refractivity contribution < 1.29 is 23.5 Å². The van der Waals surface area contributed by atoms with Gasteiger partial charge in [-0.2, -0.15) is 0 Å². The van der Waals surface area contributed by atoms with Gasteiger partial charge in [-0.15, -0.1) is 0 Å². The maximum Gasteiger partial charge on any atom is 0.312 e. The Morgan fingerprint density at radius 1 is 1.45 bits per heavy atom. The lowest BCUT2D eigenvalue weighted by molar-refractivity contribution is -0.159. The fourth-order valence-electron chi connectivity index (χ4n) is 2.04. The Bertz CT molecular complexity index is 437. The van der Waals surface area contributed by atoms with Crippen LogP contribution in [0.25, 0.3) is 0 Å². The zero-order valence-corrected chi connectivity index (χ0v) is 12.5. The van der Waals surface area contributed by atoms with Crippen molar-refractivity contribution in [1.82, 2.24) is 0 Å². The van der Waals surface area contributed by atoms with Gasteiger partial charge in [0.15, 0.2) is 0 Å². The van der Waals surface area contributed by atoms with Crippen molar-refractivity contribution in [3.63, 3.8) is 0 Å². The van der Waals surface area contributed by atoms with Gasteiger partial charge < -0.3 is 13.9 Å². The van der Waals surface area contributed by atoms with Gasteiger partial charge in [0.1, 0.15) is 12.4 Å². The first-order chi connectivity index (χ1) is 9.42. The van der Waals surface area contributed by atoms with Gasteiger partial charge in [-0.25, -0.2) is 0 Å². The summed E-state index contributed by atoms with van der Waals surface area (Å²) in [5.74, 6) is -0.394. The minimum atomic E-state index is -0.708. The zero-order chi connectivity index (χ0) is 15.2. The Kier molecular flexibility index (Phi) is 5.80. The molecular formula is C15H22O5. The molecule has 0 radical (unpaired) electrons. The van der Waals surface area contributed by atoms with E-state index in [1.54, 1.807) is 26.0 Å². The van der Waals surface area contributed by atoms with Gasteiger partial charge in [-0.05, 0) is 31.9 Å². The first kappa shape index (κ1) is 16.3. The van der Waals surface area contributed by atoms with Gasteiger partial charge >= 0.3 is 11.9 Å². The first-order valence-corrected chi connectivity index (χ1v) is 6.70. The van der Waals surface area contributed by atoms with Crippen LogP contribution in [0, 0.1) is 11.3 Å². The van der Waals surface area contributed by atoms with Crippen molar-refractivity contribution in [3.05, 3.63) is 24.2 Å². The average molecular weight is 282 g/mol. The molecule has 2 atom stereocenters. The minimum absolute atomic E-state index is 0.105. The highest BCUT2D eigenvalue weighted by molar-refractivity contribution is 5.78. The van der Waals surface area contributed by atoms with E-state index in [0.29, 0.717) is 18.6 Å². The third-order valence-corrected chi connectivity index (χ3v) is 3.56. The maximum atomic E-state index is 12.2. The summed E-state index contributed by atoms with van der Waals surface area (Å²) < 4.78 is 15.1. The molecule has 0 spiro atoms. The van der Waals surface area contributed by atoms with Gasteiger partial charge in [0.05, 0.1) is 24.7 Å². The molecule has 1 aromatic rings. The molecule has 0 fully saturated rings. The molecule has 0 aromatic carbocycles. The highest BCUT2D eigenvalue weighted by Crippen LogP contribution is 2.32. The Labute approximate surface area is 119 Å². The smallest absolute Gasteiger partial charge is 0.312 e. The van der Waals surface area contributed by atoms with Crippen LogP contribution in [0.2, 0.25) is 0 Å². The Morgan fingerprint density at radius 2 is 2.15 bits per heavy atom. The Hall–Kier alpha value is -1.78. The molecule has 5 nitrogen and oxygen atoms in total. The molecule has 0 saturated heterocycles. The summed E-state index contributed by atoms with van der Waals surface area (Å²) in [5.41, 5.74) is -0.708. The van der Waals surface area contributed by atoms with Crippen LogP contribution in [0.3, 0.4) is 0 Å². The van der Waals surface area contributed by atoms with Crippen LogP contribution in [0.4, 0.5) is 0 Å². The zero-order valence-electron chi connectivity index (χ0n) is 12.5. The van der Waals surface area contributed by atoms with Crippen LogP contribution < -0.4 is 0 Å². The van der Waals surface area contributed by atoms with Crippen LogP contribution in [0.1, 0.15) is 39.4 Å². The predicted molar refractivity (Wildman–Crippen MR) is 72.7 cm³/mol. The topological polar surface area (TPSA) is 65.7 Å². The van der Waals surface area contributed by atoms with Crippen molar-refractivity contribution in [2.45, 2.75) is 40.2 Å². The van der Waals surface area contributed by atoms with Crippen molar-refractivity contribution in [3.8, 4) is 0 Å². The van der Waals surface area contributed by atoms with E-state index in [0.717, 1.165) is 0 Å². The third kappa shape index (κ3) is 4.11. The van der Waals surface area contributed by atoms with Gasteiger partial charge in [0.2, 0.25) is 0 Å². The van der Waals surface area contributed by atoms with E-state index in [1.165, 1.54) is 13.4 Å². The molecule has 0 aliphatic rings. The lowest BCUT2D eigenvalue weighted by Crippen LogP contribution is -2.33. The number of furan rings is 1. The molecule has 0 amide bonds. The fraction of sp³-hybridized carbons (Fsp3) is 0.600. The molecule has 2 unspecified atom stereocenters. The quantitative estimate of drug-likeness (QED) is 0.719. The normalized spacial score (nSPS) is 15.2. The highest BCUT2D eigenvalue weighted by Gasteiger charge is 2.36. The number of carbonyl (C=O) groups is 2. The second-order valence-corrected chi connectivity index (χ2v) is 5.20.